The van der Waals surface area contributed by atoms with Gasteiger partial charge in [0.15, 0.2) is 0 Å². The van der Waals surface area contributed by atoms with Crippen molar-refractivity contribution in [1.29, 1.82) is 0 Å². The van der Waals surface area contributed by atoms with Crippen LogP contribution in [-0.2, 0) is 10.0 Å². The summed E-state index contributed by atoms with van der Waals surface area (Å²) < 4.78 is 28.1. The van der Waals surface area contributed by atoms with Gasteiger partial charge in [0.25, 0.3) is 11.8 Å². The molecule has 7 nitrogen and oxygen atoms in total. The first-order valence-electron chi connectivity index (χ1n) is 9.14. The molecule has 0 radical (unpaired) electrons. The van der Waals surface area contributed by atoms with E-state index in [1.165, 1.54) is 23.5 Å². The van der Waals surface area contributed by atoms with Gasteiger partial charge in [-0.15, -0.1) is 11.3 Å². The Morgan fingerprint density at radius 1 is 1.04 bits per heavy atom. The molecule has 9 heteroatoms. The van der Waals surface area contributed by atoms with Crippen LogP contribution in [0.5, 0.6) is 0 Å². The van der Waals surface area contributed by atoms with E-state index in [0.717, 1.165) is 32.1 Å². The molecule has 0 unspecified atom stereocenters. The zero-order valence-electron chi connectivity index (χ0n) is 15.5. The van der Waals surface area contributed by atoms with Gasteiger partial charge in [-0.2, -0.15) is 0 Å². The Morgan fingerprint density at radius 3 is 2.43 bits per heavy atom. The topological polar surface area (TPSA) is 104 Å². The van der Waals surface area contributed by atoms with Crippen molar-refractivity contribution in [1.82, 2.24) is 15.6 Å². The van der Waals surface area contributed by atoms with Crippen molar-refractivity contribution in [2.45, 2.75) is 50.0 Å². The zero-order chi connectivity index (χ0) is 20.1. The summed E-state index contributed by atoms with van der Waals surface area (Å²) in [5.41, 5.74) is 5.49. The first-order chi connectivity index (χ1) is 13.4. The number of thiophene rings is 1. The minimum atomic E-state index is -3.72. The van der Waals surface area contributed by atoms with Crippen molar-refractivity contribution in [3.8, 4) is 0 Å². The first-order valence-corrected chi connectivity index (χ1v) is 11.5. The lowest BCUT2D eigenvalue weighted by Crippen LogP contribution is -2.41. The van der Waals surface area contributed by atoms with E-state index in [1.54, 1.807) is 30.5 Å². The van der Waals surface area contributed by atoms with Gasteiger partial charge in [0.05, 0.1) is 9.77 Å². The van der Waals surface area contributed by atoms with Gasteiger partial charge in [0.2, 0.25) is 10.0 Å². The number of benzene rings is 1. The molecular formula is C19H23N3O4S2. The number of amides is 2. The molecule has 3 rings (SSSR count). The Bertz CT molecular complexity index is 950. The first kappa shape index (κ1) is 20.5. The highest BCUT2D eigenvalue weighted by Crippen LogP contribution is 2.21. The third-order valence-electron chi connectivity index (χ3n) is 4.73. The highest BCUT2D eigenvalue weighted by Gasteiger charge is 2.23. The molecule has 1 saturated carbocycles. The lowest BCUT2D eigenvalue weighted by atomic mass is 9.96. The van der Waals surface area contributed by atoms with Crippen LogP contribution in [0.4, 0.5) is 0 Å². The van der Waals surface area contributed by atoms with Gasteiger partial charge >= 0.3 is 0 Å². The molecule has 0 saturated heterocycles. The van der Waals surface area contributed by atoms with E-state index >= 15 is 0 Å². The lowest BCUT2D eigenvalue weighted by molar-refractivity contribution is 0.0848. The normalized spacial score (nSPS) is 15.2. The number of rotatable bonds is 5. The molecule has 0 aliphatic heterocycles. The maximum Gasteiger partial charge on any atom is 0.279 e. The van der Waals surface area contributed by atoms with Crippen molar-refractivity contribution in [3.05, 3.63) is 51.7 Å². The van der Waals surface area contributed by atoms with Crippen LogP contribution in [0.1, 0.15) is 57.7 Å². The van der Waals surface area contributed by atoms with Gasteiger partial charge in [-0.3, -0.25) is 20.4 Å². The van der Waals surface area contributed by atoms with Crippen LogP contribution >= 0.6 is 11.3 Å². The second-order valence-corrected chi connectivity index (χ2v) is 9.48. The summed E-state index contributed by atoms with van der Waals surface area (Å²) in [5.74, 6) is -0.999. The molecule has 1 aromatic heterocycles. The predicted molar refractivity (Wildman–Crippen MR) is 108 cm³/mol. The average Bonchev–Trinajstić information content (AvgIpc) is 3.21. The highest BCUT2D eigenvalue weighted by molar-refractivity contribution is 7.89. The number of hydrazine groups is 1. The molecule has 0 bridgehead atoms. The molecule has 1 aromatic carbocycles. The molecule has 2 amide bonds. The van der Waals surface area contributed by atoms with Crippen LogP contribution in [0.15, 0.2) is 40.6 Å². The molecule has 0 spiro atoms. The van der Waals surface area contributed by atoms with Crippen molar-refractivity contribution in [3.63, 3.8) is 0 Å². The van der Waals surface area contributed by atoms with Crippen molar-refractivity contribution in [2.24, 2.45) is 0 Å². The summed E-state index contributed by atoms with van der Waals surface area (Å²) in [7, 11) is -3.72. The van der Waals surface area contributed by atoms with E-state index in [4.69, 9.17) is 0 Å². The summed E-state index contributed by atoms with van der Waals surface area (Å²) in [4.78, 5) is 24.9. The SMILES string of the molecule is Cc1ccc(S(=O)(=O)NC2CCCCC2)cc1C(=O)NNC(=O)c1cccs1. The third kappa shape index (κ3) is 4.98. The number of carbonyl (C=O) groups is 2. The standard InChI is InChI=1S/C19H23N3O4S2/c1-13-9-10-15(28(25,26)22-14-6-3-2-4-7-14)12-16(13)18(23)20-21-19(24)17-8-5-11-27-17/h5,8-12,14,22H,2-4,6-7H2,1H3,(H,20,23)(H,21,24). The van der Waals surface area contributed by atoms with Crippen LogP contribution in [-0.4, -0.2) is 26.3 Å². The molecular weight excluding hydrogens is 398 g/mol. The summed E-state index contributed by atoms with van der Waals surface area (Å²) in [5, 5.41) is 1.76. The van der Waals surface area contributed by atoms with Crippen molar-refractivity contribution >= 4 is 33.2 Å². The Morgan fingerprint density at radius 2 is 1.75 bits per heavy atom. The Balaban J connectivity index is 1.71. The van der Waals surface area contributed by atoms with E-state index in [1.807, 2.05) is 0 Å². The van der Waals surface area contributed by atoms with Gasteiger partial charge in [-0.05, 0) is 48.9 Å². The van der Waals surface area contributed by atoms with Crippen molar-refractivity contribution in [2.75, 3.05) is 0 Å². The lowest BCUT2D eigenvalue weighted by Gasteiger charge is -2.22. The molecule has 0 atom stereocenters. The molecule has 1 aliphatic carbocycles. The Kier molecular flexibility index (Phi) is 6.48. The van der Waals surface area contributed by atoms with E-state index in [2.05, 4.69) is 15.6 Å². The third-order valence-corrected chi connectivity index (χ3v) is 7.11. The average molecular weight is 422 g/mol. The number of aryl methyl sites for hydroxylation is 1. The maximum absolute atomic E-state index is 12.7. The molecule has 3 N–H and O–H groups in total. The van der Waals surface area contributed by atoms with Gasteiger partial charge in [0, 0.05) is 11.6 Å². The monoisotopic (exact) mass is 421 g/mol. The zero-order valence-corrected chi connectivity index (χ0v) is 17.2. The molecule has 28 heavy (non-hydrogen) atoms. The van der Waals surface area contributed by atoms with Crippen LogP contribution in [0.2, 0.25) is 0 Å². The molecule has 1 heterocycles. The minimum Gasteiger partial charge on any atom is -0.267 e. The molecule has 150 valence electrons. The summed E-state index contributed by atoms with van der Waals surface area (Å²) in [6.07, 6.45) is 4.81. The second kappa shape index (κ2) is 8.85. The number of carbonyl (C=O) groups excluding carboxylic acids is 2. The van der Waals surface area contributed by atoms with E-state index in [-0.39, 0.29) is 16.5 Å². The van der Waals surface area contributed by atoms with Gasteiger partial charge in [-0.25, -0.2) is 13.1 Å². The number of hydrogen-bond acceptors (Lipinski definition) is 5. The highest BCUT2D eigenvalue weighted by atomic mass is 32.2. The largest absolute Gasteiger partial charge is 0.279 e. The molecule has 2 aromatic rings. The fraction of sp³-hybridized carbons (Fsp3) is 0.368. The molecule has 1 fully saturated rings. The van der Waals surface area contributed by atoms with Gasteiger partial charge < -0.3 is 0 Å². The fourth-order valence-corrected chi connectivity index (χ4v) is 5.12. The summed E-state index contributed by atoms with van der Waals surface area (Å²) in [6, 6.07) is 7.73. The summed E-state index contributed by atoms with van der Waals surface area (Å²) >= 11 is 1.25. The number of hydrogen-bond donors (Lipinski definition) is 3. The van der Waals surface area contributed by atoms with E-state index < -0.39 is 21.8 Å². The summed E-state index contributed by atoms with van der Waals surface area (Å²) in [6.45, 7) is 1.71. The van der Waals surface area contributed by atoms with Crippen molar-refractivity contribution < 1.29 is 18.0 Å². The molecule has 1 aliphatic rings. The minimum absolute atomic E-state index is 0.0402. The maximum atomic E-state index is 12.7. The smallest absolute Gasteiger partial charge is 0.267 e. The van der Waals surface area contributed by atoms with E-state index in [0.29, 0.717) is 10.4 Å². The van der Waals surface area contributed by atoms with Gasteiger partial charge in [0.1, 0.15) is 0 Å². The Hall–Kier alpha value is -2.23. The van der Waals surface area contributed by atoms with Gasteiger partial charge in [-0.1, -0.05) is 31.4 Å². The number of sulfonamides is 1. The van der Waals surface area contributed by atoms with Crippen LogP contribution in [0.25, 0.3) is 0 Å². The fourth-order valence-electron chi connectivity index (χ4n) is 3.17. The van der Waals surface area contributed by atoms with Crippen LogP contribution in [0, 0.1) is 6.92 Å². The Labute approximate surface area is 168 Å². The van der Waals surface area contributed by atoms with Crippen LogP contribution < -0.4 is 15.6 Å². The number of nitrogens with one attached hydrogen (secondary N) is 3. The quantitative estimate of drug-likeness (QED) is 0.646. The predicted octanol–water partition coefficient (Wildman–Crippen LogP) is 2.74. The van der Waals surface area contributed by atoms with E-state index in [9.17, 15) is 18.0 Å². The second-order valence-electron chi connectivity index (χ2n) is 6.82. The van der Waals surface area contributed by atoms with Crippen LogP contribution in [0.3, 0.4) is 0 Å².